The highest BCUT2D eigenvalue weighted by molar-refractivity contribution is 6.01. The second-order valence-corrected chi connectivity index (χ2v) is 7.22. The first kappa shape index (κ1) is 22.7. The van der Waals surface area contributed by atoms with Crippen LogP contribution in [0.3, 0.4) is 0 Å². The van der Waals surface area contributed by atoms with Gasteiger partial charge in [0, 0.05) is 13.1 Å². The molecule has 6 nitrogen and oxygen atoms in total. The summed E-state index contributed by atoms with van der Waals surface area (Å²) in [4.78, 5) is 23.9. The van der Waals surface area contributed by atoms with E-state index in [1.807, 2.05) is 50.2 Å². The Kier molecular flexibility index (Phi) is 9.14. The van der Waals surface area contributed by atoms with E-state index < -0.39 is 5.91 Å². The van der Waals surface area contributed by atoms with E-state index in [2.05, 4.69) is 10.6 Å². The molecule has 0 radical (unpaired) electrons. The van der Waals surface area contributed by atoms with E-state index in [4.69, 9.17) is 4.74 Å². The third-order valence-corrected chi connectivity index (χ3v) is 4.18. The van der Waals surface area contributed by atoms with Gasteiger partial charge in [0.1, 0.15) is 17.4 Å². The number of hydrogen-bond acceptors (Lipinski definition) is 4. The number of nitriles is 1. The van der Waals surface area contributed by atoms with Crippen molar-refractivity contribution in [2.75, 3.05) is 19.7 Å². The van der Waals surface area contributed by atoms with Gasteiger partial charge < -0.3 is 15.4 Å². The predicted octanol–water partition coefficient (Wildman–Crippen LogP) is 3.10. The molecule has 2 aromatic carbocycles. The number of nitrogens with one attached hydrogen (secondary N) is 2. The van der Waals surface area contributed by atoms with Crippen LogP contribution in [0.25, 0.3) is 6.08 Å². The van der Waals surface area contributed by atoms with Gasteiger partial charge in [0.05, 0.1) is 0 Å². The number of amides is 2. The molecule has 2 rings (SSSR count). The lowest BCUT2D eigenvalue weighted by Crippen LogP contribution is -2.30. The van der Waals surface area contributed by atoms with Crippen molar-refractivity contribution in [1.82, 2.24) is 10.6 Å². The summed E-state index contributed by atoms with van der Waals surface area (Å²) in [5.74, 6) is 0.260. The molecule has 0 spiro atoms. The Morgan fingerprint density at radius 2 is 1.77 bits per heavy atom. The van der Waals surface area contributed by atoms with Crippen molar-refractivity contribution in [3.63, 3.8) is 0 Å². The minimum Gasteiger partial charge on any atom is -0.484 e. The third-order valence-electron chi connectivity index (χ3n) is 4.18. The maximum atomic E-state index is 12.0. The zero-order valence-corrected chi connectivity index (χ0v) is 17.4. The van der Waals surface area contributed by atoms with Gasteiger partial charge in [-0.1, -0.05) is 56.3 Å². The Hall–Kier alpha value is -3.59. The molecule has 0 saturated heterocycles. The highest BCUT2D eigenvalue weighted by Gasteiger charge is 2.09. The average Bonchev–Trinajstić information content (AvgIpc) is 2.76. The predicted molar refractivity (Wildman–Crippen MR) is 117 cm³/mol. The second kappa shape index (κ2) is 12.1. The summed E-state index contributed by atoms with van der Waals surface area (Å²) in [5, 5.41) is 14.8. The van der Waals surface area contributed by atoms with Crippen LogP contribution in [-0.2, 0) is 16.0 Å². The minimum absolute atomic E-state index is 0.0436. The summed E-state index contributed by atoms with van der Waals surface area (Å²) in [6.07, 6.45) is 2.29. The van der Waals surface area contributed by atoms with Gasteiger partial charge in [-0.3, -0.25) is 9.59 Å². The molecule has 0 aromatic heterocycles. The zero-order chi connectivity index (χ0) is 21.8. The monoisotopic (exact) mass is 405 g/mol. The number of benzene rings is 2. The fourth-order valence-electron chi connectivity index (χ4n) is 2.56. The van der Waals surface area contributed by atoms with Crippen molar-refractivity contribution in [1.29, 1.82) is 5.26 Å². The zero-order valence-electron chi connectivity index (χ0n) is 17.4. The lowest BCUT2D eigenvalue weighted by Gasteiger charge is -2.08. The van der Waals surface area contributed by atoms with E-state index in [0.717, 1.165) is 12.0 Å². The summed E-state index contributed by atoms with van der Waals surface area (Å²) in [6.45, 7) is 4.95. The standard InChI is InChI=1S/C24H27N3O3/c1-18(2)16-27-24(29)21(15-25)14-20-8-10-22(11-9-20)30-17-23(28)26-13-12-19-6-4-3-5-7-19/h3-11,14,18H,12-13,16-17H2,1-2H3,(H,26,28)(H,27,29)/b21-14+. The molecule has 2 amide bonds. The van der Waals surface area contributed by atoms with Gasteiger partial charge in [0.2, 0.25) is 0 Å². The van der Waals surface area contributed by atoms with Gasteiger partial charge in [0.15, 0.2) is 6.61 Å². The van der Waals surface area contributed by atoms with Gasteiger partial charge in [-0.25, -0.2) is 0 Å². The SMILES string of the molecule is CC(C)CNC(=O)/C(C#N)=C/c1ccc(OCC(=O)NCCc2ccccc2)cc1. The van der Waals surface area contributed by atoms with Gasteiger partial charge in [-0.05, 0) is 41.7 Å². The van der Waals surface area contributed by atoms with E-state index in [-0.39, 0.29) is 18.1 Å². The van der Waals surface area contributed by atoms with Crippen LogP contribution < -0.4 is 15.4 Å². The van der Waals surface area contributed by atoms with Crippen molar-refractivity contribution < 1.29 is 14.3 Å². The normalized spacial score (nSPS) is 10.9. The van der Waals surface area contributed by atoms with Crippen LogP contribution >= 0.6 is 0 Å². The Bertz CT molecular complexity index is 898. The molecule has 0 aliphatic heterocycles. The average molecular weight is 405 g/mol. The second-order valence-electron chi connectivity index (χ2n) is 7.22. The van der Waals surface area contributed by atoms with E-state index in [0.29, 0.717) is 30.3 Å². The van der Waals surface area contributed by atoms with Crippen molar-refractivity contribution in [3.05, 3.63) is 71.3 Å². The molecule has 0 saturated carbocycles. The maximum Gasteiger partial charge on any atom is 0.261 e. The fraction of sp³-hybridized carbons (Fsp3) is 0.292. The summed E-state index contributed by atoms with van der Waals surface area (Å²) in [7, 11) is 0. The molecule has 0 bridgehead atoms. The van der Waals surface area contributed by atoms with E-state index in [1.54, 1.807) is 24.3 Å². The van der Waals surface area contributed by atoms with Crippen LogP contribution in [0, 0.1) is 17.2 Å². The van der Waals surface area contributed by atoms with Crippen LogP contribution in [0.4, 0.5) is 0 Å². The highest BCUT2D eigenvalue weighted by Crippen LogP contribution is 2.14. The first-order valence-corrected chi connectivity index (χ1v) is 9.91. The Labute approximate surface area is 177 Å². The van der Waals surface area contributed by atoms with Gasteiger partial charge in [-0.2, -0.15) is 5.26 Å². The van der Waals surface area contributed by atoms with Gasteiger partial charge >= 0.3 is 0 Å². The molecule has 0 fully saturated rings. The molecule has 0 aliphatic rings. The molecule has 0 unspecified atom stereocenters. The molecule has 2 N–H and O–H groups in total. The largest absolute Gasteiger partial charge is 0.484 e. The van der Waals surface area contributed by atoms with Crippen molar-refractivity contribution >= 4 is 17.9 Å². The molecular weight excluding hydrogens is 378 g/mol. The minimum atomic E-state index is -0.390. The lowest BCUT2D eigenvalue weighted by atomic mass is 10.1. The number of nitrogens with zero attached hydrogens (tertiary/aromatic N) is 1. The fourth-order valence-corrected chi connectivity index (χ4v) is 2.56. The smallest absolute Gasteiger partial charge is 0.261 e. The molecule has 0 atom stereocenters. The Morgan fingerprint density at radius 3 is 2.40 bits per heavy atom. The first-order chi connectivity index (χ1) is 14.5. The van der Waals surface area contributed by atoms with Crippen LogP contribution in [0.2, 0.25) is 0 Å². The molecule has 2 aromatic rings. The quantitative estimate of drug-likeness (QED) is 0.469. The van der Waals surface area contributed by atoms with Crippen LogP contribution in [0.15, 0.2) is 60.2 Å². The molecular formula is C24H27N3O3. The summed E-state index contributed by atoms with van der Waals surface area (Å²) < 4.78 is 5.49. The van der Waals surface area contributed by atoms with Crippen LogP contribution in [0.5, 0.6) is 5.75 Å². The van der Waals surface area contributed by atoms with Crippen LogP contribution in [0.1, 0.15) is 25.0 Å². The number of carbonyl (C=O) groups excluding carboxylic acids is 2. The van der Waals surface area contributed by atoms with Crippen molar-refractivity contribution in [2.24, 2.45) is 5.92 Å². The first-order valence-electron chi connectivity index (χ1n) is 9.91. The molecule has 156 valence electrons. The van der Waals surface area contributed by atoms with E-state index >= 15 is 0 Å². The van der Waals surface area contributed by atoms with Gasteiger partial charge in [-0.15, -0.1) is 0 Å². The summed E-state index contributed by atoms with van der Waals surface area (Å²) in [5.41, 5.74) is 1.91. The van der Waals surface area contributed by atoms with E-state index in [1.165, 1.54) is 6.08 Å². The number of carbonyl (C=O) groups is 2. The van der Waals surface area contributed by atoms with Crippen LogP contribution in [-0.4, -0.2) is 31.5 Å². The highest BCUT2D eigenvalue weighted by atomic mass is 16.5. The number of ether oxygens (including phenoxy) is 1. The van der Waals surface area contributed by atoms with Crippen molar-refractivity contribution in [3.8, 4) is 11.8 Å². The summed E-state index contributed by atoms with van der Waals surface area (Å²) >= 11 is 0. The molecule has 6 heteroatoms. The summed E-state index contributed by atoms with van der Waals surface area (Å²) in [6, 6.07) is 18.7. The van der Waals surface area contributed by atoms with E-state index in [9.17, 15) is 14.9 Å². The Morgan fingerprint density at radius 1 is 1.07 bits per heavy atom. The van der Waals surface area contributed by atoms with Gasteiger partial charge in [0.25, 0.3) is 11.8 Å². The Balaban J connectivity index is 1.80. The topological polar surface area (TPSA) is 91.2 Å². The maximum absolute atomic E-state index is 12.0. The molecule has 0 aliphatic carbocycles. The lowest BCUT2D eigenvalue weighted by molar-refractivity contribution is -0.123. The number of rotatable bonds is 10. The molecule has 30 heavy (non-hydrogen) atoms. The van der Waals surface area contributed by atoms with Crippen molar-refractivity contribution in [2.45, 2.75) is 20.3 Å². The third kappa shape index (κ3) is 8.19. The number of hydrogen-bond donors (Lipinski definition) is 2. The molecule has 0 heterocycles.